The standard InChI is InChI=1S/C11H15BrN2O4S/c1-8(2)14(4-3-11(15)16)19(17,18)10-5-9(12)6-13-7-10/h5-8H,3-4H2,1-2H3,(H,15,16). The molecule has 1 aromatic rings. The number of aliphatic carboxylic acids is 1. The minimum Gasteiger partial charge on any atom is -0.481 e. The summed E-state index contributed by atoms with van der Waals surface area (Å²) in [6, 6.07) is 1.11. The van der Waals surface area contributed by atoms with Gasteiger partial charge in [-0.1, -0.05) is 0 Å². The molecule has 1 heterocycles. The number of sulfonamides is 1. The highest BCUT2D eigenvalue weighted by molar-refractivity contribution is 9.10. The molecule has 1 N–H and O–H groups in total. The molecule has 6 nitrogen and oxygen atoms in total. The fraction of sp³-hybridized carbons (Fsp3) is 0.455. The van der Waals surface area contributed by atoms with Gasteiger partial charge in [0.15, 0.2) is 0 Å². The van der Waals surface area contributed by atoms with Crippen LogP contribution >= 0.6 is 15.9 Å². The monoisotopic (exact) mass is 350 g/mol. The van der Waals surface area contributed by atoms with E-state index < -0.39 is 16.0 Å². The molecule has 0 saturated heterocycles. The van der Waals surface area contributed by atoms with E-state index in [-0.39, 0.29) is 23.9 Å². The summed E-state index contributed by atoms with van der Waals surface area (Å²) in [7, 11) is -3.74. The predicted octanol–water partition coefficient (Wildman–Crippen LogP) is 1.72. The van der Waals surface area contributed by atoms with Crippen LogP contribution in [0, 0.1) is 0 Å². The van der Waals surface area contributed by atoms with Crippen molar-refractivity contribution in [2.45, 2.75) is 31.2 Å². The minimum atomic E-state index is -3.74. The van der Waals surface area contributed by atoms with Crippen molar-refractivity contribution < 1.29 is 18.3 Å². The average molecular weight is 351 g/mol. The van der Waals surface area contributed by atoms with Crippen molar-refractivity contribution in [3.8, 4) is 0 Å². The third-order valence-electron chi connectivity index (χ3n) is 2.41. The topological polar surface area (TPSA) is 87.6 Å². The van der Waals surface area contributed by atoms with Gasteiger partial charge in [0.05, 0.1) is 6.42 Å². The summed E-state index contributed by atoms with van der Waals surface area (Å²) in [5, 5.41) is 8.68. The first-order valence-corrected chi connectivity index (χ1v) is 7.82. The van der Waals surface area contributed by atoms with Crippen LogP contribution in [-0.2, 0) is 14.8 Å². The zero-order valence-electron chi connectivity index (χ0n) is 10.6. The van der Waals surface area contributed by atoms with E-state index in [0.29, 0.717) is 4.47 Å². The van der Waals surface area contributed by atoms with Gasteiger partial charge in [0, 0.05) is 29.5 Å². The number of rotatable bonds is 6. The maximum atomic E-state index is 12.4. The Balaban J connectivity index is 3.09. The molecule has 0 saturated carbocycles. The fourth-order valence-electron chi connectivity index (χ4n) is 1.53. The van der Waals surface area contributed by atoms with Crippen molar-refractivity contribution in [2.75, 3.05) is 6.54 Å². The number of carbonyl (C=O) groups is 1. The molecule has 0 aliphatic rings. The summed E-state index contributed by atoms with van der Waals surface area (Å²) in [5.74, 6) is -1.03. The lowest BCUT2D eigenvalue weighted by Crippen LogP contribution is -2.38. The normalized spacial score (nSPS) is 12.1. The number of carboxylic acid groups (broad SMARTS) is 1. The molecule has 1 aromatic heterocycles. The first-order valence-electron chi connectivity index (χ1n) is 5.59. The number of nitrogens with zero attached hydrogens (tertiary/aromatic N) is 2. The van der Waals surface area contributed by atoms with E-state index in [0.717, 1.165) is 4.31 Å². The summed E-state index contributed by atoms with van der Waals surface area (Å²) in [6.07, 6.45) is 2.49. The summed E-state index contributed by atoms with van der Waals surface area (Å²) in [4.78, 5) is 14.5. The first kappa shape index (κ1) is 16.1. The van der Waals surface area contributed by atoms with E-state index in [2.05, 4.69) is 20.9 Å². The summed E-state index contributed by atoms with van der Waals surface area (Å²) in [6.45, 7) is 3.33. The molecule has 19 heavy (non-hydrogen) atoms. The average Bonchev–Trinajstić information content (AvgIpc) is 2.27. The molecule has 1 rings (SSSR count). The van der Waals surface area contributed by atoms with Gasteiger partial charge >= 0.3 is 5.97 Å². The van der Waals surface area contributed by atoms with Crippen LogP contribution in [0.5, 0.6) is 0 Å². The second-order valence-electron chi connectivity index (χ2n) is 4.19. The van der Waals surface area contributed by atoms with E-state index >= 15 is 0 Å². The molecule has 0 bridgehead atoms. The Hall–Kier alpha value is -0.990. The largest absolute Gasteiger partial charge is 0.481 e. The van der Waals surface area contributed by atoms with E-state index in [1.807, 2.05) is 0 Å². The number of pyridine rings is 1. The number of halogens is 1. The van der Waals surface area contributed by atoms with Gasteiger partial charge in [0.1, 0.15) is 4.90 Å². The third-order valence-corrected chi connectivity index (χ3v) is 4.88. The van der Waals surface area contributed by atoms with Crippen molar-refractivity contribution in [3.05, 3.63) is 22.9 Å². The molecule has 0 spiro atoms. The van der Waals surface area contributed by atoms with E-state index in [4.69, 9.17) is 5.11 Å². The highest BCUT2D eigenvalue weighted by atomic mass is 79.9. The lowest BCUT2D eigenvalue weighted by atomic mass is 10.3. The Bertz CT molecular complexity index is 560. The highest BCUT2D eigenvalue weighted by Gasteiger charge is 2.27. The zero-order valence-corrected chi connectivity index (χ0v) is 13.0. The number of carboxylic acids is 1. The minimum absolute atomic E-state index is 0.0426. The number of aromatic nitrogens is 1. The molecular formula is C11H15BrN2O4S. The van der Waals surface area contributed by atoms with Crippen molar-refractivity contribution in [3.63, 3.8) is 0 Å². The van der Waals surface area contributed by atoms with Gasteiger partial charge in [-0.2, -0.15) is 4.31 Å². The van der Waals surface area contributed by atoms with Crippen LogP contribution in [0.2, 0.25) is 0 Å². The molecule has 0 amide bonds. The van der Waals surface area contributed by atoms with Gasteiger partial charge in [-0.3, -0.25) is 9.78 Å². The molecule has 0 fully saturated rings. The smallest absolute Gasteiger partial charge is 0.304 e. The Morgan fingerprint density at radius 1 is 1.47 bits per heavy atom. The Kier molecular flexibility index (Phi) is 5.45. The van der Waals surface area contributed by atoms with Crippen LogP contribution in [-0.4, -0.2) is 41.4 Å². The molecular weight excluding hydrogens is 336 g/mol. The second kappa shape index (κ2) is 6.44. The molecule has 0 unspecified atom stereocenters. The summed E-state index contributed by atoms with van der Waals surface area (Å²) in [5.41, 5.74) is 0. The third kappa shape index (κ3) is 4.26. The highest BCUT2D eigenvalue weighted by Crippen LogP contribution is 2.20. The van der Waals surface area contributed by atoms with Crippen LogP contribution in [0.1, 0.15) is 20.3 Å². The Morgan fingerprint density at radius 3 is 2.58 bits per heavy atom. The summed E-state index contributed by atoms with van der Waals surface area (Å²) < 4.78 is 26.5. The van der Waals surface area contributed by atoms with Crippen LogP contribution in [0.25, 0.3) is 0 Å². The molecule has 106 valence electrons. The van der Waals surface area contributed by atoms with Crippen LogP contribution < -0.4 is 0 Å². The molecule has 8 heteroatoms. The van der Waals surface area contributed by atoms with E-state index in [1.54, 1.807) is 13.8 Å². The van der Waals surface area contributed by atoms with Crippen LogP contribution in [0.4, 0.5) is 0 Å². The van der Waals surface area contributed by atoms with Crippen molar-refractivity contribution >= 4 is 31.9 Å². The molecule has 0 aliphatic carbocycles. The SMILES string of the molecule is CC(C)N(CCC(=O)O)S(=O)(=O)c1cncc(Br)c1. The van der Waals surface area contributed by atoms with Gasteiger partial charge in [-0.15, -0.1) is 0 Å². The lowest BCUT2D eigenvalue weighted by Gasteiger charge is -2.25. The van der Waals surface area contributed by atoms with Crippen molar-refractivity contribution in [2.24, 2.45) is 0 Å². The molecule has 0 radical (unpaired) electrons. The van der Waals surface area contributed by atoms with Gasteiger partial charge < -0.3 is 5.11 Å². The maximum absolute atomic E-state index is 12.4. The van der Waals surface area contributed by atoms with Crippen molar-refractivity contribution in [1.29, 1.82) is 0 Å². The zero-order chi connectivity index (χ0) is 14.6. The summed E-state index contributed by atoms with van der Waals surface area (Å²) >= 11 is 3.16. The van der Waals surface area contributed by atoms with Crippen LogP contribution in [0.15, 0.2) is 27.8 Å². The second-order valence-corrected chi connectivity index (χ2v) is 7.00. The van der Waals surface area contributed by atoms with E-state index in [9.17, 15) is 13.2 Å². The predicted molar refractivity (Wildman–Crippen MR) is 73.2 cm³/mol. The van der Waals surface area contributed by atoms with Crippen molar-refractivity contribution in [1.82, 2.24) is 9.29 Å². The van der Waals surface area contributed by atoms with Crippen LogP contribution in [0.3, 0.4) is 0 Å². The van der Waals surface area contributed by atoms with Gasteiger partial charge in [0.25, 0.3) is 0 Å². The number of hydrogen-bond acceptors (Lipinski definition) is 4. The Labute approximate surface area is 120 Å². The Morgan fingerprint density at radius 2 is 2.11 bits per heavy atom. The first-order chi connectivity index (χ1) is 8.75. The molecule has 0 aliphatic heterocycles. The maximum Gasteiger partial charge on any atom is 0.304 e. The van der Waals surface area contributed by atoms with Gasteiger partial charge in [-0.25, -0.2) is 8.42 Å². The van der Waals surface area contributed by atoms with E-state index in [1.165, 1.54) is 18.5 Å². The lowest BCUT2D eigenvalue weighted by molar-refractivity contribution is -0.137. The molecule has 0 atom stereocenters. The fourth-order valence-corrected chi connectivity index (χ4v) is 3.67. The van der Waals surface area contributed by atoms with Gasteiger partial charge in [0.2, 0.25) is 10.0 Å². The quantitative estimate of drug-likeness (QED) is 0.843. The van der Waals surface area contributed by atoms with Gasteiger partial charge in [-0.05, 0) is 35.8 Å². The number of hydrogen-bond donors (Lipinski definition) is 1. The molecule has 0 aromatic carbocycles.